The molecule has 0 bridgehead atoms. The molecular weight excluding hydrogens is 332 g/mol. The molecule has 2 heterocycles. The summed E-state index contributed by atoms with van der Waals surface area (Å²) in [6, 6.07) is 7.43. The predicted molar refractivity (Wildman–Crippen MR) is 97.1 cm³/mol. The van der Waals surface area contributed by atoms with Gasteiger partial charge in [-0.15, -0.1) is 0 Å². The lowest BCUT2D eigenvalue weighted by Crippen LogP contribution is -2.47. The van der Waals surface area contributed by atoms with E-state index in [9.17, 15) is 9.59 Å². The summed E-state index contributed by atoms with van der Waals surface area (Å²) in [5, 5.41) is 2.93. The summed E-state index contributed by atoms with van der Waals surface area (Å²) in [6.45, 7) is 1.54. The molecule has 3 rings (SSSR count). The predicted octanol–water partition coefficient (Wildman–Crippen LogP) is 2.23. The second-order valence-corrected chi connectivity index (χ2v) is 6.52. The number of carbonyl (C=O) groups excluding carboxylic acids is 2. The van der Waals surface area contributed by atoms with Crippen LogP contribution in [-0.4, -0.2) is 46.5 Å². The van der Waals surface area contributed by atoms with Gasteiger partial charge in [-0.2, -0.15) is 0 Å². The van der Waals surface area contributed by atoms with Gasteiger partial charge < -0.3 is 19.5 Å². The average Bonchev–Trinajstić information content (AvgIpc) is 3.12. The van der Waals surface area contributed by atoms with E-state index >= 15 is 0 Å². The molecule has 26 heavy (non-hydrogen) atoms. The Kier molecular flexibility index (Phi) is 5.55. The van der Waals surface area contributed by atoms with Crippen LogP contribution in [0.3, 0.4) is 0 Å². The number of ether oxygens (including phenoxy) is 1. The zero-order valence-corrected chi connectivity index (χ0v) is 15.1. The van der Waals surface area contributed by atoms with Crippen LogP contribution in [0.1, 0.15) is 29.0 Å². The molecule has 1 aliphatic rings. The number of nitrogens with zero attached hydrogens (tertiary/aromatic N) is 3. The molecule has 1 N–H and O–H groups in total. The summed E-state index contributed by atoms with van der Waals surface area (Å²) in [4.78, 5) is 31.0. The van der Waals surface area contributed by atoms with E-state index in [1.807, 2.05) is 31.3 Å². The van der Waals surface area contributed by atoms with Crippen LogP contribution in [0.5, 0.6) is 5.75 Å². The first kappa shape index (κ1) is 18.0. The molecule has 1 aliphatic heterocycles. The van der Waals surface area contributed by atoms with E-state index in [0.29, 0.717) is 25.5 Å². The maximum absolute atomic E-state index is 12.6. The molecule has 0 saturated carbocycles. The van der Waals surface area contributed by atoms with E-state index in [4.69, 9.17) is 4.74 Å². The minimum atomic E-state index is -0.198. The molecule has 1 atom stereocenters. The van der Waals surface area contributed by atoms with Gasteiger partial charge in [0.05, 0.1) is 7.11 Å². The molecule has 0 spiro atoms. The van der Waals surface area contributed by atoms with Crippen LogP contribution in [0.25, 0.3) is 0 Å². The van der Waals surface area contributed by atoms with Crippen molar-refractivity contribution in [3.8, 4) is 5.75 Å². The Bertz CT molecular complexity index is 769. The van der Waals surface area contributed by atoms with Gasteiger partial charge in [0.15, 0.2) is 5.82 Å². The Morgan fingerprint density at radius 1 is 1.31 bits per heavy atom. The monoisotopic (exact) mass is 356 g/mol. The summed E-state index contributed by atoms with van der Waals surface area (Å²) in [6.07, 6.45) is 4.98. The van der Waals surface area contributed by atoms with Gasteiger partial charge in [0.25, 0.3) is 0 Å². The number of ketones is 1. The normalized spacial score (nSPS) is 17.0. The second-order valence-electron chi connectivity index (χ2n) is 6.52. The van der Waals surface area contributed by atoms with Crippen molar-refractivity contribution in [2.75, 3.05) is 20.2 Å². The lowest BCUT2D eigenvalue weighted by molar-refractivity contribution is 0.0831. The van der Waals surface area contributed by atoms with Crippen molar-refractivity contribution in [3.05, 3.63) is 48.0 Å². The highest BCUT2D eigenvalue weighted by Crippen LogP contribution is 2.20. The fraction of sp³-hybridized carbons (Fsp3) is 0.421. The van der Waals surface area contributed by atoms with Gasteiger partial charge in [-0.05, 0) is 30.5 Å². The number of hydrogen-bond acceptors (Lipinski definition) is 4. The van der Waals surface area contributed by atoms with Crippen LogP contribution in [0.2, 0.25) is 0 Å². The number of methoxy groups -OCH3 is 1. The van der Waals surface area contributed by atoms with Gasteiger partial charge in [-0.3, -0.25) is 4.79 Å². The van der Waals surface area contributed by atoms with E-state index in [1.54, 1.807) is 29.0 Å². The number of rotatable bonds is 5. The van der Waals surface area contributed by atoms with Crippen molar-refractivity contribution < 1.29 is 14.3 Å². The number of nitrogens with one attached hydrogen (secondary N) is 1. The maximum Gasteiger partial charge on any atom is 0.317 e. The van der Waals surface area contributed by atoms with Crippen molar-refractivity contribution >= 4 is 11.8 Å². The number of piperidine rings is 1. The highest BCUT2D eigenvalue weighted by molar-refractivity contribution is 5.95. The minimum Gasteiger partial charge on any atom is -0.497 e. The topological polar surface area (TPSA) is 76.5 Å². The second kappa shape index (κ2) is 8.03. The molecule has 0 aliphatic carbocycles. The Morgan fingerprint density at radius 3 is 2.73 bits per heavy atom. The number of urea groups is 1. The summed E-state index contributed by atoms with van der Waals surface area (Å²) in [5.74, 6) is 1.05. The number of hydrogen-bond donors (Lipinski definition) is 1. The molecule has 1 fully saturated rings. The number of likely N-dealkylation sites (tertiary alicyclic amines) is 1. The first-order valence-corrected chi connectivity index (χ1v) is 8.75. The SMILES string of the molecule is COc1ccc(CNC(=O)N2CCCC(C(=O)c3nccn3C)C2)cc1. The minimum absolute atomic E-state index is 0.00477. The molecule has 7 nitrogen and oxygen atoms in total. The molecule has 1 aromatic heterocycles. The van der Waals surface area contributed by atoms with Gasteiger partial charge in [0.1, 0.15) is 5.75 Å². The van der Waals surface area contributed by atoms with Crippen molar-refractivity contribution in [1.82, 2.24) is 19.8 Å². The number of Topliss-reactive ketones (excluding diaryl/α,β-unsaturated/α-hetero) is 1. The third-order valence-electron chi connectivity index (χ3n) is 4.72. The molecule has 7 heteroatoms. The van der Waals surface area contributed by atoms with Crippen LogP contribution in [0, 0.1) is 5.92 Å². The third kappa shape index (κ3) is 4.04. The molecule has 1 aromatic carbocycles. The van der Waals surface area contributed by atoms with Crippen LogP contribution in [0.4, 0.5) is 4.79 Å². The van der Waals surface area contributed by atoms with Crippen molar-refractivity contribution in [3.63, 3.8) is 0 Å². The smallest absolute Gasteiger partial charge is 0.317 e. The summed E-state index contributed by atoms with van der Waals surface area (Å²) in [5.41, 5.74) is 0.997. The number of aryl methyl sites for hydroxylation is 1. The first-order chi connectivity index (χ1) is 12.6. The fourth-order valence-electron chi connectivity index (χ4n) is 3.19. The number of aromatic nitrogens is 2. The van der Waals surface area contributed by atoms with Crippen LogP contribution in [0.15, 0.2) is 36.7 Å². The molecule has 1 saturated heterocycles. The van der Waals surface area contributed by atoms with E-state index in [0.717, 1.165) is 24.2 Å². The van der Waals surface area contributed by atoms with Crippen molar-refractivity contribution in [2.45, 2.75) is 19.4 Å². The zero-order chi connectivity index (χ0) is 18.5. The number of amides is 2. The molecule has 138 valence electrons. The highest BCUT2D eigenvalue weighted by atomic mass is 16.5. The lowest BCUT2D eigenvalue weighted by atomic mass is 9.93. The fourth-order valence-corrected chi connectivity index (χ4v) is 3.19. The molecule has 2 amide bonds. The van der Waals surface area contributed by atoms with E-state index in [1.165, 1.54) is 0 Å². The highest BCUT2D eigenvalue weighted by Gasteiger charge is 2.30. The van der Waals surface area contributed by atoms with Crippen molar-refractivity contribution in [1.29, 1.82) is 0 Å². The van der Waals surface area contributed by atoms with Gasteiger partial charge >= 0.3 is 6.03 Å². The van der Waals surface area contributed by atoms with E-state index in [-0.39, 0.29) is 17.7 Å². The number of imidazole rings is 1. The molecule has 1 unspecified atom stereocenters. The van der Waals surface area contributed by atoms with Crippen molar-refractivity contribution in [2.24, 2.45) is 13.0 Å². The molecule has 2 aromatic rings. The van der Waals surface area contributed by atoms with Gasteiger partial charge in [0, 0.05) is 45.0 Å². The van der Waals surface area contributed by atoms with E-state index < -0.39 is 0 Å². The first-order valence-electron chi connectivity index (χ1n) is 8.75. The summed E-state index contributed by atoms with van der Waals surface area (Å²) < 4.78 is 6.86. The standard InChI is InChI=1S/C19H24N4O3/c1-22-11-9-20-18(22)17(24)15-4-3-10-23(13-15)19(25)21-12-14-5-7-16(26-2)8-6-14/h5-9,11,15H,3-4,10,12-13H2,1-2H3,(H,21,25). The van der Waals surface area contributed by atoms with Crippen LogP contribution >= 0.6 is 0 Å². The van der Waals surface area contributed by atoms with Crippen LogP contribution in [-0.2, 0) is 13.6 Å². The Balaban J connectivity index is 1.55. The number of carbonyl (C=O) groups is 2. The largest absolute Gasteiger partial charge is 0.497 e. The van der Waals surface area contributed by atoms with E-state index in [2.05, 4.69) is 10.3 Å². The Hall–Kier alpha value is -2.83. The summed E-state index contributed by atoms with van der Waals surface area (Å²) >= 11 is 0. The van der Waals surface area contributed by atoms with Gasteiger partial charge in [0.2, 0.25) is 5.78 Å². The molecular formula is C19H24N4O3. The quantitative estimate of drug-likeness (QED) is 0.834. The number of benzene rings is 1. The Labute approximate surface area is 153 Å². The average molecular weight is 356 g/mol. The maximum atomic E-state index is 12.6. The Morgan fingerprint density at radius 2 is 2.08 bits per heavy atom. The van der Waals surface area contributed by atoms with Gasteiger partial charge in [-0.1, -0.05) is 12.1 Å². The van der Waals surface area contributed by atoms with Crippen LogP contribution < -0.4 is 10.1 Å². The summed E-state index contributed by atoms with van der Waals surface area (Å²) in [7, 11) is 3.43. The molecule has 0 radical (unpaired) electrons. The lowest BCUT2D eigenvalue weighted by Gasteiger charge is -2.31. The third-order valence-corrected chi connectivity index (χ3v) is 4.72. The zero-order valence-electron chi connectivity index (χ0n) is 15.1. The van der Waals surface area contributed by atoms with Gasteiger partial charge in [-0.25, -0.2) is 9.78 Å².